The predicted octanol–water partition coefficient (Wildman–Crippen LogP) is 18.1. The fraction of sp³-hybridized carbons (Fsp3) is 0.514. The zero-order valence-corrected chi connectivity index (χ0v) is 68.5. The van der Waals surface area contributed by atoms with Crippen LogP contribution in [0, 0.1) is 13.8 Å². The number of benzene rings is 5. The van der Waals surface area contributed by atoms with E-state index in [1.54, 1.807) is 39.5 Å². The molecule has 15 nitrogen and oxygen atoms in total. The van der Waals surface area contributed by atoms with E-state index in [-0.39, 0.29) is 15.2 Å². The summed E-state index contributed by atoms with van der Waals surface area (Å²) >= 11 is 0. The Balaban J connectivity index is 0.00000105. The zero-order chi connectivity index (χ0) is 70.5. The van der Waals surface area contributed by atoms with Crippen molar-refractivity contribution in [3.05, 3.63) is 154 Å². The number of hydrogen-bond donors (Lipinski definition) is 1. The van der Waals surface area contributed by atoms with Gasteiger partial charge < -0.3 is 39.8 Å². The summed E-state index contributed by atoms with van der Waals surface area (Å²) in [5.41, 5.74) is 11.2. The molecule has 1 aliphatic carbocycles. The number of rotatable bonds is 29. The Morgan fingerprint density at radius 2 is 1.09 bits per heavy atom. The smallest absolute Gasteiger partial charge is 0.321 e. The zero-order valence-electron chi connectivity index (χ0n) is 60.8. The summed E-state index contributed by atoms with van der Waals surface area (Å²) in [5, 5.41) is 4.33. The van der Waals surface area contributed by atoms with Gasteiger partial charge in [0.05, 0.1) is 21.8 Å². The lowest BCUT2D eigenvalue weighted by atomic mass is 9.78. The summed E-state index contributed by atoms with van der Waals surface area (Å²) in [7, 11) is -15.9. The van der Waals surface area contributed by atoms with Crippen LogP contribution in [0.2, 0.25) is 96.7 Å². The van der Waals surface area contributed by atoms with E-state index >= 15 is 0 Å². The molecule has 8 rings (SSSR count). The molecule has 0 radical (unpaired) electrons. The summed E-state index contributed by atoms with van der Waals surface area (Å²) in [5.74, 6) is 0.968. The van der Waals surface area contributed by atoms with Crippen molar-refractivity contribution in [1.29, 1.82) is 0 Å². The van der Waals surface area contributed by atoms with Crippen LogP contribution < -0.4 is 4.90 Å². The fourth-order valence-electron chi connectivity index (χ4n) is 14.0. The van der Waals surface area contributed by atoms with E-state index in [1.165, 1.54) is 68.3 Å². The van der Waals surface area contributed by atoms with Crippen LogP contribution in [-0.2, 0) is 61.4 Å². The van der Waals surface area contributed by atoms with E-state index in [1.807, 2.05) is 19.1 Å². The summed E-state index contributed by atoms with van der Waals surface area (Å²) in [6.07, 6.45) is 17.2. The summed E-state index contributed by atoms with van der Waals surface area (Å²) < 4.78 is 113. The van der Waals surface area contributed by atoms with Gasteiger partial charge in [-0.25, -0.2) is 8.42 Å². The number of ether oxygens (including phenoxy) is 1. The van der Waals surface area contributed by atoms with Crippen LogP contribution in [0.15, 0.2) is 142 Å². The lowest BCUT2D eigenvalue weighted by Gasteiger charge is -2.32. The Labute approximate surface area is 576 Å². The molecular weight excluding hydrogens is 1330 g/mol. The van der Waals surface area contributed by atoms with Crippen molar-refractivity contribution >= 4 is 110 Å². The van der Waals surface area contributed by atoms with Crippen molar-refractivity contribution in [1.82, 2.24) is 0 Å². The van der Waals surface area contributed by atoms with Gasteiger partial charge in [0.1, 0.15) is 22.4 Å². The number of fused-ring (bicyclic) bond motifs is 6. The van der Waals surface area contributed by atoms with Crippen LogP contribution in [0.25, 0.3) is 21.5 Å². The molecule has 0 atom stereocenters. The molecular formula is C72H110N2O13S2Si6. The second kappa shape index (κ2) is 30.7. The number of aryl methyl sites for hydroxylation is 2. The normalized spacial score (nSPS) is 17.4. The van der Waals surface area contributed by atoms with E-state index in [0.29, 0.717) is 6.61 Å². The van der Waals surface area contributed by atoms with Crippen LogP contribution in [0.1, 0.15) is 101 Å². The Bertz CT molecular complexity index is 3990. The molecule has 0 aromatic heterocycles. The molecule has 5 aromatic rings. The highest BCUT2D eigenvalue weighted by Gasteiger charge is 2.47. The summed E-state index contributed by atoms with van der Waals surface area (Å²) in [6.45, 7) is 42.3. The van der Waals surface area contributed by atoms with Gasteiger partial charge in [-0.3, -0.25) is 4.55 Å². The van der Waals surface area contributed by atoms with E-state index < -0.39 is 76.3 Å². The molecule has 0 fully saturated rings. The van der Waals surface area contributed by atoms with E-state index in [2.05, 4.69) is 183 Å². The predicted molar refractivity (Wildman–Crippen MR) is 404 cm³/mol. The molecule has 0 amide bonds. The Hall–Kier alpha value is -4.27. The molecule has 2 heterocycles. The molecule has 0 bridgehead atoms. The van der Waals surface area contributed by atoms with Gasteiger partial charge in [0.15, 0.2) is 30.7 Å². The van der Waals surface area contributed by atoms with Gasteiger partial charge in [0.25, 0.3) is 10.1 Å². The van der Waals surface area contributed by atoms with Gasteiger partial charge in [-0.05, 0) is 250 Å². The molecule has 0 saturated carbocycles. The second-order valence-electron chi connectivity index (χ2n) is 30.3. The Morgan fingerprint density at radius 3 is 1.66 bits per heavy atom. The highest BCUT2D eigenvalue weighted by atomic mass is 32.2. The molecule has 0 unspecified atom stereocenters. The standard InChI is InChI=1S/C65H102N2O10SSi6.C7H8O3S/c1-49-29-35-55-52(47-49)30-37-57-61(55)64(2,3)59(66(57)41-21-23-44-79(9,10)75-82(15,16)71-6)39-32-50-27-25-28-51(63(50)74-43-26-46-81(13,14)77-84(19,20)73-8)33-40-60-65(4,5)62-56-36-34-54(78(68,69)70)48-53(56)31-38-58(62)67(60)42-22-24-45-80(11,12)76-83(17,18)72-7;1-6-2-4-7(5-3-6)11(8,9)10/h29-40,47-48H,21-28,41-46H2,1-20H3;2-5H,1H3,(H,8,9,10). The fourth-order valence-corrected chi connectivity index (χ4v) is 36.4. The third-order valence-corrected chi connectivity index (χ3v) is 40.7. The summed E-state index contributed by atoms with van der Waals surface area (Å²) in [6, 6.07) is 29.5. The van der Waals surface area contributed by atoms with Gasteiger partial charge in [0.2, 0.25) is 5.69 Å². The first-order valence-corrected chi connectivity index (χ1v) is 54.4. The topological polar surface area (TPSA) is 182 Å². The molecule has 2 aliphatic heterocycles. The first-order valence-electron chi connectivity index (χ1n) is 33.7. The largest absolute Gasteiger partial charge is 0.744 e. The van der Waals surface area contributed by atoms with E-state index in [9.17, 15) is 25.9 Å². The Morgan fingerprint density at radius 1 is 0.579 bits per heavy atom. The van der Waals surface area contributed by atoms with Crippen molar-refractivity contribution in [3.63, 3.8) is 0 Å². The number of hydrogen-bond acceptors (Lipinski definition) is 13. The molecule has 522 valence electrons. The van der Waals surface area contributed by atoms with E-state index in [0.717, 1.165) is 116 Å². The quantitative estimate of drug-likeness (QED) is 0.0206. The summed E-state index contributed by atoms with van der Waals surface area (Å²) in [4.78, 5) is 2.21. The van der Waals surface area contributed by atoms with Crippen molar-refractivity contribution in [3.8, 4) is 0 Å². The number of nitrogens with zero attached hydrogens (tertiary/aromatic N) is 2. The molecule has 0 spiro atoms. The molecule has 1 N–H and O–H groups in total. The van der Waals surface area contributed by atoms with Gasteiger partial charge in [0, 0.05) is 68.8 Å². The minimum Gasteiger partial charge on any atom is -0.744 e. The number of allylic oxidation sites excluding steroid dienone is 7. The minimum absolute atomic E-state index is 0.107. The molecule has 0 saturated heterocycles. The molecule has 3 aliphatic rings. The van der Waals surface area contributed by atoms with Gasteiger partial charge in [-0.15, -0.1) is 0 Å². The van der Waals surface area contributed by atoms with Crippen LogP contribution in [0.3, 0.4) is 0 Å². The first-order chi connectivity index (χ1) is 44.0. The molecule has 5 aromatic carbocycles. The monoisotopic (exact) mass is 1440 g/mol. The SMILES string of the molecule is CO[Si](C)(C)O[Si](C)(C)CCCCN1/C(=C/C=C2CCCC(/C=C/C3=[N+](CCCC[Si](C)(C)O[Si](C)(C)OC)c4ccc5cc(C)ccc5c4C3(C)C)=C2OCCC[Si](C)(C)O[Si](C)(C)OC)C(C)(C)c2c1ccc1cc(S(=O)(=O)O)ccc21.Cc1ccc(S(=O)(=O)[O-])cc1. The van der Waals surface area contributed by atoms with Crippen molar-refractivity contribution in [2.45, 2.75) is 210 Å². The third kappa shape index (κ3) is 20.2. The number of anilines is 1. The van der Waals surface area contributed by atoms with Gasteiger partial charge >= 0.3 is 25.7 Å². The average Bonchev–Trinajstić information content (AvgIpc) is 1.56. The minimum atomic E-state index is -4.39. The third-order valence-electron chi connectivity index (χ3n) is 18.8. The lowest BCUT2D eigenvalue weighted by molar-refractivity contribution is -0.438. The highest BCUT2D eigenvalue weighted by molar-refractivity contribution is 7.86. The van der Waals surface area contributed by atoms with Crippen molar-refractivity contribution in [2.24, 2.45) is 0 Å². The lowest BCUT2D eigenvalue weighted by Crippen LogP contribution is -2.45. The van der Waals surface area contributed by atoms with Gasteiger partial charge in [-0.1, -0.05) is 79.9 Å². The molecule has 23 heteroatoms. The van der Waals surface area contributed by atoms with Crippen LogP contribution in [0.4, 0.5) is 11.4 Å². The number of unbranched alkanes of at least 4 members (excludes halogenated alkanes) is 2. The van der Waals surface area contributed by atoms with Gasteiger partial charge in [-0.2, -0.15) is 13.0 Å². The maximum absolute atomic E-state index is 12.4. The van der Waals surface area contributed by atoms with Crippen LogP contribution >= 0.6 is 0 Å². The average molecular weight is 1440 g/mol. The highest BCUT2D eigenvalue weighted by Crippen LogP contribution is 2.52. The van der Waals surface area contributed by atoms with Crippen molar-refractivity contribution in [2.75, 3.05) is 45.9 Å². The van der Waals surface area contributed by atoms with Crippen molar-refractivity contribution < 1.29 is 60.9 Å². The maximum atomic E-state index is 12.4. The first kappa shape index (κ1) is 78.1. The van der Waals surface area contributed by atoms with Crippen LogP contribution in [-0.4, -0.2) is 128 Å². The molecule has 95 heavy (non-hydrogen) atoms. The van der Waals surface area contributed by atoms with E-state index in [4.69, 9.17) is 30.4 Å². The second-order valence-corrected chi connectivity index (χ2v) is 57.2. The maximum Gasteiger partial charge on any atom is 0.321 e. The van der Waals surface area contributed by atoms with Crippen LogP contribution in [0.5, 0.6) is 0 Å². The Kier molecular flexibility index (Phi) is 25.2.